The zero-order chi connectivity index (χ0) is 8.55. The SMILES string of the molecule is Cc1nc(Br)oc1C1CCNC1. The average Bonchev–Trinajstić information content (AvgIpc) is 2.58. The minimum absolute atomic E-state index is 0.517. The molecule has 0 amide bonds. The van der Waals surface area contributed by atoms with Gasteiger partial charge in [-0.2, -0.15) is 0 Å². The number of rotatable bonds is 1. The standard InChI is InChI=1S/C8H11BrN2O/c1-5-7(12-8(9)11-5)6-2-3-10-4-6/h6,10H,2-4H2,1H3. The number of hydrogen-bond donors (Lipinski definition) is 1. The first kappa shape index (κ1) is 8.26. The maximum atomic E-state index is 5.46. The smallest absolute Gasteiger partial charge is 0.264 e. The predicted octanol–water partition coefficient (Wildman–Crippen LogP) is 1.82. The second-order valence-corrected chi connectivity index (χ2v) is 3.78. The largest absolute Gasteiger partial charge is 0.436 e. The van der Waals surface area contributed by atoms with E-state index < -0.39 is 0 Å². The van der Waals surface area contributed by atoms with Crippen molar-refractivity contribution in [3.05, 3.63) is 16.3 Å². The molecule has 1 saturated heterocycles. The fourth-order valence-electron chi connectivity index (χ4n) is 1.63. The van der Waals surface area contributed by atoms with E-state index in [1.165, 1.54) is 0 Å². The second kappa shape index (κ2) is 3.18. The van der Waals surface area contributed by atoms with Crippen LogP contribution >= 0.6 is 15.9 Å². The van der Waals surface area contributed by atoms with E-state index in [4.69, 9.17) is 4.42 Å². The van der Waals surface area contributed by atoms with Gasteiger partial charge in [-0.3, -0.25) is 0 Å². The highest BCUT2D eigenvalue weighted by Crippen LogP contribution is 2.27. The first-order valence-electron chi connectivity index (χ1n) is 4.11. The number of nitrogens with one attached hydrogen (secondary N) is 1. The lowest BCUT2D eigenvalue weighted by atomic mass is 10.1. The molecule has 2 rings (SSSR count). The average molecular weight is 231 g/mol. The minimum Gasteiger partial charge on any atom is -0.436 e. The lowest BCUT2D eigenvalue weighted by Crippen LogP contribution is -2.08. The Hall–Kier alpha value is -0.350. The van der Waals surface area contributed by atoms with Crippen molar-refractivity contribution in [1.82, 2.24) is 10.3 Å². The Bertz CT molecular complexity index is 279. The van der Waals surface area contributed by atoms with Gasteiger partial charge in [0.05, 0.1) is 5.69 Å². The van der Waals surface area contributed by atoms with Crippen LogP contribution in [0.3, 0.4) is 0 Å². The number of aryl methyl sites for hydroxylation is 1. The van der Waals surface area contributed by atoms with Crippen LogP contribution in [0.5, 0.6) is 0 Å². The van der Waals surface area contributed by atoms with Crippen molar-refractivity contribution < 1.29 is 4.42 Å². The molecule has 66 valence electrons. The molecule has 0 radical (unpaired) electrons. The molecule has 0 spiro atoms. The van der Waals surface area contributed by atoms with Crippen molar-refractivity contribution in [2.24, 2.45) is 0 Å². The fourth-order valence-corrected chi connectivity index (χ4v) is 2.07. The number of aromatic nitrogens is 1. The van der Waals surface area contributed by atoms with Crippen molar-refractivity contribution in [1.29, 1.82) is 0 Å². The molecule has 12 heavy (non-hydrogen) atoms. The summed E-state index contributed by atoms with van der Waals surface area (Å²) in [6, 6.07) is 0. The van der Waals surface area contributed by atoms with Crippen LogP contribution in [0, 0.1) is 6.92 Å². The van der Waals surface area contributed by atoms with E-state index in [2.05, 4.69) is 26.2 Å². The van der Waals surface area contributed by atoms with Crippen molar-refractivity contribution in [3.63, 3.8) is 0 Å². The Kier molecular flexibility index (Phi) is 2.19. The third-order valence-electron chi connectivity index (χ3n) is 2.24. The van der Waals surface area contributed by atoms with Gasteiger partial charge in [0.2, 0.25) is 0 Å². The highest BCUT2D eigenvalue weighted by atomic mass is 79.9. The van der Waals surface area contributed by atoms with Crippen LogP contribution in [0.4, 0.5) is 0 Å². The molecular formula is C8H11BrN2O. The Morgan fingerprint density at radius 2 is 2.50 bits per heavy atom. The van der Waals surface area contributed by atoms with Gasteiger partial charge in [0.25, 0.3) is 4.80 Å². The van der Waals surface area contributed by atoms with Gasteiger partial charge >= 0.3 is 0 Å². The van der Waals surface area contributed by atoms with Crippen LogP contribution in [0.15, 0.2) is 9.22 Å². The molecule has 1 unspecified atom stereocenters. The van der Waals surface area contributed by atoms with Crippen molar-refractivity contribution in [2.75, 3.05) is 13.1 Å². The molecule has 0 aromatic carbocycles. The summed E-state index contributed by atoms with van der Waals surface area (Å²) in [6.45, 7) is 4.09. The van der Waals surface area contributed by atoms with Gasteiger partial charge in [-0.1, -0.05) is 0 Å². The second-order valence-electron chi connectivity index (χ2n) is 3.11. The number of oxazole rings is 1. The van der Waals surface area contributed by atoms with E-state index in [1.807, 2.05) is 6.92 Å². The lowest BCUT2D eigenvalue weighted by molar-refractivity contribution is 0.448. The quantitative estimate of drug-likeness (QED) is 0.801. The molecule has 3 nitrogen and oxygen atoms in total. The molecule has 1 aliphatic heterocycles. The van der Waals surface area contributed by atoms with Crippen LogP contribution in [0.1, 0.15) is 23.8 Å². The highest BCUT2D eigenvalue weighted by molar-refractivity contribution is 9.10. The molecule has 1 aromatic heterocycles. The summed E-state index contributed by atoms with van der Waals surface area (Å²) in [7, 11) is 0. The summed E-state index contributed by atoms with van der Waals surface area (Å²) in [6.07, 6.45) is 1.16. The third-order valence-corrected chi connectivity index (χ3v) is 2.58. The van der Waals surface area contributed by atoms with Gasteiger partial charge in [-0.05, 0) is 19.9 Å². The monoisotopic (exact) mass is 230 g/mol. The normalized spacial score (nSPS) is 23.3. The molecule has 1 atom stereocenters. The van der Waals surface area contributed by atoms with Crippen LogP contribution < -0.4 is 5.32 Å². The van der Waals surface area contributed by atoms with E-state index in [-0.39, 0.29) is 0 Å². The zero-order valence-corrected chi connectivity index (χ0v) is 8.52. The van der Waals surface area contributed by atoms with Gasteiger partial charge in [0.1, 0.15) is 5.76 Å². The van der Waals surface area contributed by atoms with Gasteiger partial charge in [0, 0.05) is 28.4 Å². The van der Waals surface area contributed by atoms with Gasteiger partial charge in [0.15, 0.2) is 0 Å². The molecule has 1 aliphatic rings. The summed E-state index contributed by atoms with van der Waals surface area (Å²) in [5.74, 6) is 1.55. The van der Waals surface area contributed by atoms with Crippen LogP contribution in [-0.4, -0.2) is 18.1 Å². The first-order chi connectivity index (χ1) is 5.77. The van der Waals surface area contributed by atoms with Crippen LogP contribution in [0.25, 0.3) is 0 Å². The van der Waals surface area contributed by atoms with Gasteiger partial charge < -0.3 is 9.73 Å². The van der Waals surface area contributed by atoms with Crippen molar-refractivity contribution >= 4 is 15.9 Å². The molecule has 2 heterocycles. The molecule has 4 heteroatoms. The summed E-state index contributed by atoms with van der Waals surface area (Å²) < 4.78 is 5.46. The predicted molar refractivity (Wildman–Crippen MR) is 49.2 cm³/mol. The highest BCUT2D eigenvalue weighted by Gasteiger charge is 2.22. The third kappa shape index (κ3) is 1.41. The zero-order valence-electron chi connectivity index (χ0n) is 6.93. The first-order valence-corrected chi connectivity index (χ1v) is 4.90. The van der Waals surface area contributed by atoms with Crippen LogP contribution in [-0.2, 0) is 0 Å². The summed E-state index contributed by atoms with van der Waals surface area (Å²) in [4.78, 5) is 4.78. The van der Waals surface area contributed by atoms with E-state index in [0.717, 1.165) is 31.0 Å². The summed E-state index contributed by atoms with van der Waals surface area (Å²) >= 11 is 3.23. The van der Waals surface area contributed by atoms with E-state index in [9.17, 15) is 0 Å². The molecule has 1 aromatic rings. The van der Waals surface area contributed by atoms with E-state index in [0.29, 0.717) is 10.7 Å². The fraction of sp³-hybridized carbons (Fsp3) is 0.625. The molecular weight excluding hydrogens is 220 g/mol. The van der Waals surface area contributed by atoms with Crippen molar-refractivity contribution in [2.45, 2.75) is 19.3 Å². The Morgan fingerprint density at radius 1 is 1.67 bits per heavy atom. The molecule has 0 bridgehead atoms. The van der Waals surface area contributed by atoms with E-state index in [1.54, 1.807) is 0 Å². The molecule has 0 aliphatic carbocycles. The Labute approximate surface area is 79.7 Å². The number of halogens is 1. The molecule has 0 saturated carbocycles. The molecule has 1 fully saturated rings. The summed E-state index contributed by atoms with van der Waals surface area (Å²) in [5.41, 5.74) is 1.01. The summed E-state index contributed by atoms with van der Waals surface area (Å²) in [5, 5.41) is 3.30. The lowest BCUT2D eigenvalue weighted by Gasteiger charge is -2.03. The number of hydrogen-bond acceptors (Lipinski definition) is 3. The van der Waals surface area contributed by atoms with Gasteiger partial charge in [-0.25, -0.2) is 4.98 Å². The maximum absolute atomic E-state index is 5.46. The minimum atomic E-state index is 0.517. The van der Waals surface area contributed by atoms with Gasteiger partial charge in [-0.15, -0.1) is 0 Å². The topological polar surface area (TPSA) is 38.1 Å². The maximum Gasteiger partial charge on any atom is 0.264 e. The van der Waals surface area contributed by atoms with Crippen molar-refractivity contribution in [3.8, 4) is 0 Å². The number of nitrogens with zero attached hydrogens (tertiary/aromatic N) is 1. The van der Waals surface area contributed by atoms with Crippen LogP contribution in [0.2, 0.25) is 0 Å². The Balaban J connectivity index is 2.25. The molecule has 1 N–H and O–H groups in total. The van der Waals surface area contributed by atoms with E-state index >= 15 is 0 Å². The Morgan fingerprint density at radius 3 is 3.00 bits per heavy atom.